The summed E-state index contributed by atoms with van der Waals surface area (Å²) in [5.41, 5.74) is 1.59. The first-order chi connectivity index (χ1) is 13.9. The van der Waals surface area contributed by atoms with Gasteiger partial charge in [-0.25, -0.2) is 4.79 Å². The first-order valence-electron chi connectivity index (χ1n) is 9.62. The summed E-state index contributed by atoms with van der Waals surface area (Å²) in [5.74, 6) is -0.265. The molecular weight excluding hydrogens is 390 g/mol. The molecule has 0 saturated carbocycles. The molecule has 150 valence electrons. The standard InChI is InChI=1S/C22H22ClN3O3/c1-15-3-2-4-17(13-15)19(27)25-11-9-22(10-12-25)20(28)26(21(29)24-22)14-16-5-7-18(23)8-6-16/h2-8,13H,9-12,14H2,1H3,(H,24,29). The average Bonchev–Trinajstić information content (AvgIpc) is 2.94. The van der Waals surface area contributed by atoms with Crippen molar-refractivity contribution in [3.05, 3.63) is 70.2 Å². The first-order valence-corrected chi connectivity index (χ1v) is 10.0. The molecule has 2 aromatic rings. The van der Waals surface area contributed by atoms with Gasteiger partial charge in [0.15, 0.2) is 0 Å². The van der Waals surface area contributed by atoms with Crippen molar-refractivity contribution in [2.75, 3.05) is 13.1 Å². The maximum absolute atomic E-state index is 13.1. The van der Waals surface area contributed by atoms with Gasteiger partial charge in [-0.15, -0.1) is 0 Å². The van der Waals surface area contributed by atoms with Crippen LogP contribution in [0.25, 0.3) is 0 Å². The van der Waals surface area contributed by atoms with E-state index in [0.717, 1.165) is 11.1 Å². The van der Waals surface area contributed by atoms with Gasteiger partial charge in [-0.2, -0.15) is 0 Å². The molecule has 1 spiro atoms. The van der Waals surface area contributed by atoms with Crippen molar-refractivity contribution in [1.29, 1.82) is 0 Å². The van der Waals surface area contributed by atoms with Crippen molar-refractivity contribution in [3.63, 3.8) is 0 Å². The highest BCUT2D eigenvalue weighted by atomic mass is 35.5. The van der Waals surface area contributed by atoms with Gasteiger partial charge < -0.3 is 10.2 Å². The Morgan fingerprint density at radius 3 is 2.45 bits per heavy atom. The smallest absolute Gasteiger partial charge is 0.325 e. The molecule has 0 bridgehead atoms. The van der Waals surface area contributed by atoms with Gasteiger partial charge in [-0.05, 0) is 49.6 Å². The maximum Gasteiger partial charge on any atom is 0.325 e. The first kappa shape index (κ1) is 19.5. The van der Waals surface area contributed by atoms with Crippen molar-refractivity contribution < 1.29 is 14.4 Å². The Hall–Kier alpha value is -2.86. The van der Waals surface area contributed by atoms with Crippen LogP contribution in [0.5, 0.6) is 0 Å². The number of imide groups is 1. The molecule has 0 atom stereocenters. The number of carbonyl (C=O) groups is 3. The minimum absolute atomic E-state index is 0.0432. The molecule has 4 rings (SSSR count). The molecule has 0 unspecified atom stereocenters. The highest BCUT2D eigenvalue weighted by Crippen LogP contribution is 2.31. The zero-order chi connectivity index (χ0) is 20.6. The number of urea groups is 1. The fraction of sp³-hybridized carbons (Fsp3) is 0.318. The van der Waals surface area contributed by atoms with E-state index in [-0.39, 0.29) is 24.4 Å². The Kier molecular flexibility index (Phi) is 5.04. The molecule has 29 heavy (non-hydrogen) atoms. The van der Waals surface area contributed by atoms with Gasteiger partial charge in [0.05, 0.1) is 6.54 Å². The maximum atomic E-state index is 13.1. The molecule has 2 aliphatic heterocycles. The van der Waals surface area contributed by atoms with Crippen LogP contribution in [-0.4, -0.2) is 46.3 Å². The van der Waals surface area contributed by atoms with E-state index < -0.39 is 5.54 Å². The third-order valence-electron chi connectivity index (χ3n) is 5.67. The number of amides is 4. The number of benzene rings is 2. The van der Waals surface area contributed by atoms with Crippen LogP contribution in [0, 0.1) is 6.92 Å². The fourth-order valence-corrected chi connectivity index (χ4v) is 4.11. The molecular formula is C22H22ClN3O3. The van der Waals surface area contributed by atoms with Crippen LogP contribution >= 0.6 is 11.6 Å². The van der Waals surface area contributed by atoms with E-state index in [1.165, 1.54) is 4.90 Å². The van der Waals surface area contributed by atoms with E-state index in [1.807, 2.05) is 25.1 Å². The number of nitrogens with zero attached hydrogens (tertiary/aromatic N) is 2. The fourth-order valence-electron chi connectivity index (χ4n) is 3.98. The van der Waals surface area contributed by atoms with Crippen molar-refractivity contribution >= 4 is 29.4 Å². The Labute approximate surface area is 174 Å². The third-order valence-corrected chi connectivity index (χ3v) is 5.92. The quantitative estimate of drug-likeness (QED) is 0.787. The summed E-state index contributed by atoms with van der Waals surface area (Å²) < 4.78 is 0. The molecule has 6 nitrogen and oxygen atoms in total. The number of hydrogen-bond acceptors (Lipinski definition) is 3. The average molecular weight is 412 g/mol. The van der Waals surface area contributed by atoms with E-state index >= 15 is 0 Å². The van der Waals surface area contributed by atoms with Crippen molar-refractivity contribution in [2.24, 2.45) is 0 Å². The zero-order valence-electron chi connectivity index (χ0n) is 16.2. The number of hydrogen-bond donors (Lipinski definition) is 1. The molecule has 0 aromatic heterocycles. The van der Waals surface area contributed by atoms with Crippen molar-refractivity contribution in [1.82, 2.24) is 15.1 Å². The largest absolute Gasteiger partial charge is 0.338 e. The molecule has 2 saturated heterocycles. The Bertz CT molecular complexity index is 966. The zero-order valence-corrected chi connectivity index (χ0v) is 16.9. The normalized spacial score (nSPS) is 18.3. The second-order valence-electron chi connectivity index (χ2n) is 7.69. The summed E-state index contributed by atoms with van der Waals surface area (Å²) in [6.45, 7) is 3.00. The van der Waals surface area contributed by atoms with E-state index in [1.54, 1.807) is 35.2 Å². The summed E-state index contributed by atoms with van der Waals surface area (Å²) in [5, 5.41) is 3.49. The van der Waals surface area contributed by atoms with E-state index in [4.69, 9.17) is 11.6 Å². The molecule has 7 heteroatoms. The Morgan fingerprint density at radius 1 is 1.10 bits per heavy atom. The van der Waals surface area contributed by atoms with Gasteiger partial charge in [0.2, 0.25) is 0 Å². The number of carbonyl (C=O) groups excluding carboxylic acids is 3. The number of piperidine rings is 1. The molecule has 0 radical (unpaired) electrons. The summed E-state index contributed by atoms with van der Waals surface area (Å²) in [7, 11) is 0. The summed E-state index contributed by atoms with van der Waals surface area (Å²) in [6.07, 6.45) is 0.818. The van der Waals surface area contributed by atoms with Gasteiger partial charge in [0.1, 0.15) is 5.54 Å². The number of nitrogens with one attached hydrogen (secondary N) is 1. The molecule has 2 aromatic carbocycles. The van der Waals surface area contributed by atoms with Gasteiger partial charge in [0.25, 0.3) is 11.8 Å². The minimum atomic E-state index is -0.924. The lowest BCUT2D eigenvalue weighted by Gasteiger charge is -2.37. The molecule has 2 aliphatic rings. The molecule has 1 N–H and O–H groups in total. The Balaban J connectivity index is 1.44. The van der Waals surface area contributed by atoms with Crippen molar-refractivity contribution in [3.8, 4) is 0 Å². The SMILES string of the molecule is Cc1cccc(C(=O)N2CCC3(CC2)NC(=O)N(Cc2ccc(Cl)cc2)C3=O)c1. The van der Waals surface area contributed by atoms with Gasteiger partial charge in [0, 0.05) is 23.7 Å². The van der Waals surface area contributed by atoms with Crippen LogP contribution in [0.3, 0.4) is 0 Å². The van der Waals surface area contributed by atoms with E-state index in [9.17, 15) is 14.4 Å². The van der Waals surface area contributed by atoms with Gasteiger partial charge in [-0.1, -0.05) is 41.4 Å². The minimum Gasteiger partial charge on any atom is -0.338 e. The molecule has 4 amide bonds. The molecule has 2 fully saturated rings. The van der Waals surface area contributed by atoms with Crippen LogP contribution < -0.4 is 5.32 Å². The van der Waals surface area contributed by atoms with E-state index in [0.29, 0.717) is 36.5 Å². The number of rotatable bonds is 3. The Morgan fingerprint density at radius 2 is 1.79 bits per heavy atom. The summed E-state index contributed by atoms with van der Waals surface area (Å²) in [4.78, 5) is 41.3. The number of halogens is 1. The van der Waals surface area contributed by atoms with Gasteiger partial charge in [-0.3, -0.25) is 14.5 Å². The van der Waals surface area contributed by atoms with Crippen LogP contribution in [0.2, 0.25) is 5.02 Å². The lowest BCUT2D eigenvalue weighted by atomic mass is 9.87. The van der Waals surface area contributed by atoms with E-state index in [2.05, 4.69) is 5.32 Å². The van der Waals surface area contributed by atoms with Crippen LogP contribution in [-0.2, 0) is 11.3 Å². The number of likely N-dealkylation sites (tertiary alicyclic amines) is 1. The number of aryl methyl sites for hydroxylation is 1. The molecule has 2 heterocycles. The third kappa shape index (κ3) is 3.72. The lowest BCUT2D eigenvalue weighted by molar-refractivity contribution is -0.133. The summed E-state index contributed by atoms with van der Waals surface area (Å²) >= 11 is 5.90. The topological polar surface area (TPSA) is 69.7 Å². The molecule has 0 aliphatic carbocycles. The lowest BCUT2D eigenvalue weighted by Crippen LogP contribution is -2.55. The summed E-state index contributed by atoms with van der Waals surface area (Å²) in [6, 6.07) is 14.2. The highest BCUT2D eigenvalue weighted by molar-refractivity contribution is 6.30. The predicted molar refractivity (Wildman–Crippen MR) is 110 cm³/mol. The van der Waals surface area contributed by atoms with Crippen molar-refractivity contribution in [2.45, 2.75) is 31.8 Å². The van der Waals surface area contributed by atoms with Gasteiger partial charge >= 0.3 is 6.03 Å². The monoisotopic (exact) mass is 411 g/mol. The van der Waals surface area contributed by atoms with Crippen LogP contribution in [0.4, 0.5) is 4.79 Å². The predicted octanol–water partition coefficient (Wildman–Crippen LogP) is 3.38. The van der Waals surface area contributed by atoms with Crippen LogP contribution in [0.1, 0.15) is 34.3 Å². The second-order valence-corrected chi connectivity index (χ2v) is 8.13. The highest BCUT2D eigenvalue weighted by Gasteiger charge is 2.52. The van der Waals surface area contributed by atoms with Crippen LogP contribution in [0.15, 0.2) is 48.5 Å². The second kappa shape index (κ2) is 7.52.